The SMILES string of the molecule is C[C@H]1CC(C)(C)N(C(C)(C)C(=O)NN)c2ccccc21. The molecule has 20 heavy (non-hydrogen) atoms. The first-order valence-corrected chi connectivity index (χ1v) is 7.12. The van der Waals surface area contributed by atoms with Crippen molar-refractivity contribution in [3.63, 3.8) is 0 Å². The molecular weight excluding hydrogens is 250 g/mol. The number of carbonyl (C=O) groups is 1. The number of anilines is 1. The maximum Gasteiger partial charge on any atom is 0.259 e. The Kier molecular flexibility index (Phi) is 3.54. The quantitative estimate of drug-likeness (QED) is 0.495. The highest BCUT2D eigenvalue weighted by Crippen LogP contribution is 2.46. The van der Waals surface area contributed by atoms with Gasteiger partial charge in [0.1, 0.15) is 5.54 Å². The fraction of sp³-hybridized carbons (Fsp3) is 0.562. The molecule has 0 unspecified atom stereocenters. The van der Waals surface area contributed by atoms with Gasteiger partial charge in [0.2, 0.25) is 0 Å². The minimum Gasteiger partial charge on any atom is -0.352 e. The first-order chi connectivity index (χ1) is 9.21. The molecule has 4 nitrogen and oxygen atoms in total. The van der Waals surface area contributed by atoms with Gasteiger partial charge in [0.25, 0.3) is 5.91 Å². The highest BCUT2D eigenvalue weighted by atomic mass is 16.2. The summed E-state index contributed by atoms with van der Waals surface area (Å²) in [6.07, 6.45) is 1.01. The summed E-state index contributed by atoms with van der Waals surface area (Å²) in [5, 5.41) is 0. The maximum absolute atomic E-state index is 12.2. The molecular formula is C16H25N3O. The van der Waals surface area contributed by atoms with E-state index >= 15 is 0 Å². The summed E-state index contributed by atoms with van der Waals surface area (Å²) in [6, 6.07) is 8.33. The summed E-state index contributed by atoms with van der Waals surface area (Å²) < 4.78 is 0. The van der Waals surface area contributed by atoms with Crippen LogP contribution in [0.25, 0.3) is 0 Å². The normalized spacial score (nSPS) is 21.3. The molecule has 0 aliphatic carbocycles. The van der Waals surface area contributed by atoms with Crippen molar-refractivity contribution < 1.29 is 4.79 Å². The summed E-state index contributed by atoms with van der Waals surface area (Å²) >= 11 is 0. The van der Waals surface area contributed by atoms with Crippen molar-refractivity contribution >= 4 is 11.6 Å². The smallest absolute Gasteiger partial charge is 0.259 e. The van der Waals surface area contributed by atoms with Crippen LogP contribution in [0, 0.1) is 0 Å². The largest absolute Gasteiger partial charge is 0.352 e. The second-order valence-corrected chi connectivity index (χ2v) is 6.84. The van der Waals surface area contributed by atoms with Gasteiger partial charge in [-0.2, -0.15) is 0 Å². The molecule has 0 fully saturated rings. The number of hydrogen-bond donors (Lipinski definition) is 2. The molecule has 1 amide bonds. The predicted octanol–water partition coefficient (Wildman–Crippen LogP) is 2.55. The highest BCUT2D eigenvalue weighted by molar-refractivity contribution is 5.89. The van der Waals surface area contributed by atoms with E-state index in [-0.39, 0.29) is 11.4 Å². The number of nitrogens with two attached hydrogens (primary N) is 1. The zero-order valence-electron chi connectivity index (χ0n) is 13.0. The van der Waals surface area contributed by atoms with E-state index in [0.29, 0.717) is 5.92 Å². The zero-order chi connectivity index (χ0) is 15.1. The van der Waals surface area contributed by atoms with E-state index in [1.807, 2.05) is 19.9 Å². The molecule has 1 aromatic carbocycles. The Morgan fingerprint density at radius 3 is 2.60 bits per heavy atom. The van der Waals surface area contributed by atoms with E-state index in [1.54, 1.807) is 0 Å². The molecule has 2 rings (SSSR count). The molecule has 1 atom stereocenters. The number of hydrogen-bond acceptors (Lipinski definition) is 3. The van der Waals surface area contributed by atoms with Crippen LogP contribution in [0.3, 0.4) is 0 Å². The Bertz CT molecular complexity index is 522. The molecule has 0 spiro atoms. The van der Waals surface area contributed by atoms with Crippen molar-refractivity contribution in [3.8, 4) is 0 Å². The number of para-hydroxylation sites is 1. The van der Waals surface area contributed by atoms with Gasteiger partial charge in [-0.25, -0.2) is 5.84 Å². The molecule has 1 heterocycles. The second-order valence-electron chi connectivity index (χ2n) is 6.84. The van der Waals surface area contributed by atoms with E-state index in [1.165, 1.54) is 5.56 Å². The van der Waals surface area contributed by atoms with Gasteiger partial charge in [-0.05, 0) is 51.7 Å². The Morgan fingerprint density at radius 2 is 2.00 bits per heavy atom. The van der Waals surface area contributed by atoms with Gasteiger partial charge in [-0.1, -0.05) is 25.1 Å². The van der Waals surface area contributed by atoms with Crippen LogP contribution in [0.2, 0.25) is 0 Å². The number of rotatable bonds is 2. The van der Waals surface area contributed by atoms with Crippen molar-refractivity contribution in [1.82, 2.24) is 5.43 Å². The number of nitrogens with one attached hydrogen (secondary N) is 1. The number of amides is 1. The van der Waals surface area contributed by atoms with Crippen LogP contribution in [-0.2, 0) is 4.79 Å². The average molecular weight is 275 g/mol. The third-order valence-corrected chi connectivity index (χ3v) is 4.37. The van der Waals surface area contributed by atoms with Gasteiger partial charge in [0.15, 0.2) is 0 Å². The third kappa shape index (κ3) is 2.18. The minimum atomic E-state index is -0.700. The van der Waals surface area contributed by atoms with E-state index in [4.69, 9.17) is 5.84 Å². The van der Waals surface area contributed by atoms with Crippen LogP contribution in [0.4, 0.5) is 5.69 Å². The molecule has 3 N–H and O–H groups in total. The number of hydrazine groups is 1. The molecule has 0 saturated carbocycles. The van der Waals surface area contributed by atoms with Crippen LogP contribution < -0.4 is 16.2 Å². The molecule has 0 radical (unpaired) electrons. The molecule has 0 saturated heterocycles. The van der Waals surface area contributed by atoms with Crippen LogP contribution >= 0.6 is 0 Å². The number of fused-ring (bicyclic) bond motifs is 1. The van der Waals surface area contributed by atoms with E-state index in [0.717, 1.165) is 12.1 Å². The Balaban J connectivity index is 2.60. The fourth-order valence-electron chi connectivity index (χ4n) is 3.72. The van der Waals surface area contributed by atoms with Crippen LogP contribution in [0.15, 0.2) is 24.3 Å². The number of benzene rings is 1. The monoisotopic (exact) mass is 275 g/mol. The standard InChI is InChI=1S/C16H25N3O/c1-11-10-15(2,3)19(16(4,5)14(20)18-17)13-9-7-6-8-12(11)13/h6-9,11H,10,17H2,1-5H3,(H,18,20)/t11-/m0/s1. The Morgan fingerprint density at radius 1 is 1.40 bits per heavy atom. The lowest BCUT2D eigenvalue weighted by Gasteiger charge is -2.54. The van der Waals surface area contributed by atoms with Crippen molar-refractivity contribution in [2.75, 3.05) is 4.90 Å². The molecule has 0 bridgehead atoms. The fourth-order valence-corrected chi connectivity index (χ4v) is 3.72. The Labute approximate surface area is 121 Å². The van der Waals surface area contributed by atoms with Crippen LogP contribution in [0.1, 0.15) is 52.5 Å². The highest BCUT2D eigenvalue weighted by Gasteiger charge is 2.46. The van der Waals surface area contributed by atoms with Gasteiger partial charge >= 0.3 is 0 Å². The zero-order valence-corrected chi connectivity index (χ0v) is 13.0. The molecule has 1 aliphatic heterocycles. The van der Waals surface area contributed by atoms with Gasteiger partial charge in [-0.15, -0.1) is 0 Å². The molecule has 1 aliphatic rings. The summed E-state index contributed by atoms with van der Waals surface area (Å²) in [5.74, 6) is 5.68. The van der Waals surface area contributed by atoms with E-state index in [9.17, 15) is 4.79 Å². The van der Waals surface area contributed by atoms with Crippen molar-refractivity contribution in [1.29, 1.82) is 0 Å². The molecule has 1 aromatic rings. The summed E-state index contributed by atoms with van der Waals surface area (Å²) in [7, 11) is 0. The predicted molar refractivity (Wildman–Crippen MR) is 82.4 cm³/mol. The van der Waals surface area contributed by atoms with Crippen molar-refractivity contribution in [2.45, 2.75) is 58.0 Å². The molecule has 0 aromatic heterocycles. The van der Waals surface area contributed by atoms with Crippen molar-refractivity contribution in [2.24, 2.45) is 5.84 Å². The van der Waals surface area contributed by atoms with E-state index in [2.05, 4.69) is 49.3 Å². The van der Waals surface area contributed by atoms with Crippen LogP contribution in [0.5, 0.6) is 0 Å². The van der Waals surface area contributed by atoms with Gasteiger partial charge in [-0.3, -0.25) is 10.2 Å². The third-order valence-electron chi connectivity index (χ3n) is 4.37. The van der Waals surface area contributed by atoms with Crippen molar-refractivity contribution in [3.05, 3.63) is 29.8 Å². The van der Waals surface area contributed by atoms with E-state index < -0.39 is 5.54 Å². The minimum absolute atomic E-state index is 0.107. The van der Waals surface area contributed by atoms with Gasteiger partial charge in [0.05, 0.1) is 0 Å². The summed E-state index contributed by atoms with van der Waals surface area (Å²) in [4.78, 5) is 14.4. The number of carbonyl (C=O) groups excluding carboxylic acids is 1. The Hall–Kier alpha value is -1.55. The maximum atomic E-state index is 12.2. The second kappa shape index (κ2) is 4.77. The average Bonchev–Trinajstić information content (AvgIpc) is 2.36. The number of nitrogens with zero attached hydrogens (tertiary/aromatic N) is 1. The topological polar surface area (TPSA) is 58.4 Å². The molecule has 4 heteroatoms. The molecule has 110 valence electrons. The first-order valence-electron chi connectivity index (χ1n) is 7.12. The summed E-state index contributed by atoms with van der Waals surface area (Å²) in [6.45, 7) is 10.5. The lowest BCUT2D eigenvalue weighted by atomic mass is 9.77. The van der Waals surface area contributed by atoms with Gasteiger partial charge in [0, 0.05) is 11.2 Å². The van der Waals surface area contributed by atoms with Gasteiger partial charge < -0.3 is 4.90 Å². The lowest BCUT2D eigenvalue weighted by molar-refractivity contribution is -0.126. The van der Waals surface area contributed by atoms with Crippen LogP contribution in [-0.4, -0.2) is 17.0 Å². The first kappa shape index (κ1) is 14.9. The lowest BCUT2D eigenvalue weighted by Crippen LogP contribution is -2.65. The summed E-state index contributed by atoms with van der Waals surface area (Å²) in [5.41, 5.74) is 3.92.